The van der Waals surface area contributed by atoms with Gasteiger partial charge in [0, 0.05) is 11.6 Å². The standard InChI is InChI=1S/C12H17NO3/c1-8-10(15)13(11(2,3)4)7-12(8)6-5-9(14)16-12/h5-6,8H,7H2,1-4H3. The Morgan fingerprint density at radius 2 is 2.06 bits per heavy atom. The van der Waals surface area contributed by atoms with Crippen LogP contribution in [0.25, 0.3) is 0 Å². The van der Waals surface area contributed by atoms with Crippen LogP contribution in [0.15, 0.2) is 12.2 Å². The van der Waals surface area contributed by atoms with Gasteiger partial charge in [-0.2, -0.15) is 0 Å². The summed E-state index contributed by atoms with van der Waals surface area (Å²) >= 11 is 0. The van der Waals surface area contributed by atoms with Crippen LogP contribution in [-0.4, -0.2) is 34.5 Å². The van der Waals surface area contributed by atoms with Crippen molar-refractivity contribution in [2.45, 2.75) is 38.8 Å². The molecule has 4 heteroatoms. The van der Waals surface area contributed by atoms with E-state index in [-0.39, 0.29) is 23.3 Å². The van der Waals surface area contributed by atoms with E-state index in [1.165, 1.54) is 6.08 Å². The van der Waals surface area contributed by atoms with Gasteiger partial charge in [0.05, 0.1) is 12.5 Å². The maximum absolute atomic E-state index is 12.1. The minimum Gasteiger partial charge on any atom is -0.449 e. The number of carbonyl (C=O) groups is 2. The minimum atomic E-state index is -0.735. The average Bonchev–Trinajstić information content (AvgIpc) is 2.63. The minimum absolute atomic E-state index is 0.0480. The number of likely N-dealkylation sites (tertiary alicyclic amines) is 1. The van der Waals surface area contributed by atoms with E-state index in [4.69, 9.17) is 4.74 Å². The molecule has 0 radical (unpaired) electrons. The van der Waals surface area contributed by atoms with E-state index in [0.29, 0.717) is 6.54 Å². The van der Waals surface area contributed by atoms with Crippen molar-refractivity contribution in [3.63, 3.8) is 0 Å². The Hall–Kier alpha value is -1.32. The normalized spacial score (nSPS) is 34.0. The van der Waals surface area contributed by atoms with Gasteiger partial charge in [-0.3, -0.25) is 4.79 Å². The molecule has 0 aromatic heterocycles. The third kappa shape index (κ3) is 1.44. The van der Waals surface area contributed by atoms with Crippen LogP contribution in [-0.2, 0) is 14.3 Å². The number of rotatable bonds is 0. The molecule has 0 aromatic rings. The predicted octanol–water partition coefficient (Wildman–Crippen LogP) is 1.11. The van der Waals surface area contributed by atoms with Crippen molar-refractivity contribution >= 4 is 11.9 Å². The number of ether oxygens (including phenoxy) is 1. The summed E-state index contributed by atoms with van der Waals surface area (Å²) in [7, 11) is 0. The van der Waals surface area contributed by atoms with Crippen molar-refractivity contribution in [1.82, 2.24) is 4.90 Å². The molecule has 0 aliphatic carbocycles. The number of amides is 1. The van der Waals surface area contributed by atoms with E-state index in [2.05, 4.69) is 0 Å². The lowest BCUT2D eigenvalue weighted by Crippen LogP contribution is -2.44. The molecule has 1 fully saturated rings. The van der Waals surface area contributed by atoms with Gasteiger partial charge in [-0.25, -0.2) is 4.79 Å². The zero-order valence-corrected chi connectivity index (χ0v) is 10.1. The largest absolute Gasteiger partial charge is 0.449 e. The number of carbonyl (C=O) groups excluding carboxylic acids is 2. The molecule has 1 amide bonds. The summed E-state index contributed by atoms with van der Waals surface area (Å²) in [5.74, 6) is -0.600. The Morgan fingerprint density at radius 3 is 2.44 bits per heavy atom. The van der Waals surface area contributed by atoms with E-state index in [1.54, 1.807) is 11.0 Å². The van der Waals surface area contributed by atoms with Crippen LogP contribution in [0.2, 0.25) is 0 Å². The zero-order valence-electron chi connectivity index (χ0n) is 10.1. The summed E-state index contributed by atoms with van der Waals surface area (Å²) in [5, 5.41) is 0. The molecule has 1 saturated heterocycles. The molecule has 2 heterocycles. The molecule has 2 unspecified atom stereocenters. The first-order valence-corrected chi connectivity index (χ1v) is 5.50. The van der Waals surface area contributed by atoms with Crippen LogP contribution < -0.4 is 0 Å². The fourth-order valence-electron chi connectivity index (χ4n) is 2.25. The highest BCUT2D eigenvalue weighted by atomic mass is 16.6. The molecule has 2 atom stereocenters. The maximum Gasteiger partial charge on any atom is 0.331 e. The molecule has 0 bridgehead atoms. The van der Waals surface area contributed by atoms with Gasteiger partial charge < -0.3 is 9.64 Å². The van der Waals surface area contributed by atoms with Crippen LogP contribution in [0.1, 0.15) is 27.7 Å². The lowest BCUT2D eigenvalue weighted by atomic mass is 9.92. The van der Waals surface area contributed by atoms with Gasteiger partial charge in [0.1, 0.15) is 0 Å². The Labute approximate surface area is 95.2 Å². The third-order valence-electron chi connectivity index (χ3n) is 3.38. The zero-order chi connectivity index (χ0) is 12.1. The Morgan fingerprint density at radius 1 is 1.44 bits per heavy atom. The van der Waals surface area contributed by atoms with Crippen molar-refractivity contribution in [3.8, 4) is 0 Å². The van der Waals surface area contributed by atoms with Gasteiger partial charge in [-0.15, -0.1) is 0 Å². The summed E-state index contributed by atoms with van der Waals surface area (Å²) < 4.78 is 5.31. The van der Waals surface area contributed by atoms with E-state index >= 15 is 0 Å². The summed E-state index contributed by atoms with van der Waals surface area (Å²) in [5.41, 5.74) is -0.973. The van der Waals surface area contributed by atoms with Crippen LogP contribution >= 0.6 is 0 Å². The van der Waals surface area contributed by atoms with Crippen molar-refractivity contribution < 1.29 is 14.3 Å². The molecular formula is C12H17NO3. The molecule has 16 heavy (non-hydrogen) atoms. The van der Waals surface area contributed by atoms with Crippen molar-refractivity contribution in [1.29, 1.82) is 0 Å². The van der Waals surface area contributed by atoms with Crippen LogP contribution in [0.5, 0.6) is 0 Å². The molecule has 0 aromatic carbocycles. The first-order valence-electron chi connectivity index (χ1n) is 5.50. The molecule has 88 valence electrons. The maximum atomic E-state index is 12.1. The highest BCUT2D eigenvalue weighted by Gasteiger charge is 2.55. The first-order chi connectivity index (χ1) is 7.26. The Balaban J connectivity index is 2.31. The molecule has 0 N–H and O–H groups in total. The van der Waals surface area contributed by atoms with Crippen LogP contribution in [0, 0.1) is 5.92 Å². The second kappa shape index (κ2) is 3.09. The van der Waals surface area contributed by atoms with Gasteiger partial charge in [0.2, 0.25) is 5.91 Å². The monoisotopic (exact) mass is 223 g/mol. The fraction of sp³-hybridized carbons (Fsp3) is 0.667. The van der Waals surface area contributed by atoms with E-state index in [0.717, 1.165) is 0 Å². The predicted molar refractivity (Wildman–Crippen MR) is 58.6 cm³/mol. The SMILES string of the molecule is CC1C(=O)N(C(C)(C)C)CC12C=CC(=O)O2. The summed E-state index contributed by atoms with van der Waals surface area (Å²) in [6.45, 7) is 8.22. The number of hydrogen-bond donors (Lipinski definition) is 0. The summed E-state index contributed by atoms with van der Waals surface area (Å²) in [6.07, 6.45) is 3.14. The molecule has 2 rings (SSSR count). The summed E-state index contributed by atoms with van der Waals surface area (Å²) in [4.78, 5) is 25.1. The van der Waals surface area contributed by atoms with E-state index in [1.807, 2.05) is 27.7 Å². The lowest BCUT2D eigenvalue weighted by molar-refractivity contribution is -0.147. The van der Waals surface area contributed by atoms with Gasteiger partial charge in [-0.05, 0) is 33.8 Å². The third-order valence-corrected chi connectivity index (χ3v) is 3.38. The molecule has 2 aliphatic rings. The highest BCUT2D eigenvalue weighted by Crippen LogP contribution is 2.39. The molecule has 1 spiro atoms. The molecule has 2 aliphatic heterocycles. The van der Waals surface area contributed by atoms with Gasteiger partial charge in [-0.1, -0.05) is 0 Å². The van der Waals surface area contributed by atoms with E-state index < -0.39 is 5.60 Å². The van der Waals surface area contributed by atoms with Gasteiger partial charge in [0.15, 0.2) is 5.60 Å². The lowest BCUT2D eigenvalue weighted by Gasteiger charge is -2.32. The highest BCUT2D eigenvalue weighted by molar-refractivity contribution is 5.90. The number of nitrogens with zero attached hydrogens (tertiary/aromatic N) is 1. The number of esters is 1. The Kier molecular flexibility index (Phi) is 2.16. The molecule has 4 nitrogen and oxygen atoms in total. The second-order valence-electron chi connectivity index (χ2n) is 5.53. The fourth-order valence-corrected chi connectivity index (χ4v) is 2.25. The van der Waals surface area contributed by atoms with Gasteiger partial charge in [0.25, 0.3) is 0 Å². The first kappa shape index (κ1) is 11.2. The molecular weight excluding hydrogens is 206 g/mol. The van der Waals surface area contributed by atoms with Crippen molar-refractivity contribution in [2.24, 2.45) is 5.92 Å². The van der Waals surface area contributed by atoms with Gasteiger partial charge >= 0.3 is 5.97 Å². The van der Waals surface area contributed by atoms with Crippen molar-refractivity contribution in [2.75, 3.05) is 6.54 Å². The van der Waals surface area contributed by atoms with Crippen LogP contribution in [0.3, 0.4) is 0 Å². The van der Waals surface area contributed by atoms with E-state index in [9.17, 15) is 9.59 Å². The number of hydrogen-bond acceptors (Lipinski definition) is 3. The summed E-state index contributed by atoms with van der Waals surface area (Å²) in [6, 6.07) is 0. The average molecular weight is 223 g/mol. The molecule has 0 saturated carbocycles. The topological polar surface area (TPSA) is 46.6 Å². The van der Waals surface area contributed by atoms with Crippen molar-refractivity contribution in [3.05, 3.63) is 12.2 Å². The Bertz CT molecular complexity index is 380. The van der Waals surface area contributed by atoms with Crippen LogP contribution in [0.4, 0.5) is 0 Å². The smallest absolute Gasteiger partial charge is 0.331 e. The second-order valence-corrected chi connectivity index (χ2v) is 5.53. The quantitative estimate of drug-likeness (QED) is 0.578.